The largest absolute Gasteiger partial charge is 0.493 e. The minimum Gasteiger partial charge on any atom is -0.493 e. The van der Waals surface area contributed by atoms with E-state index in [0.717, 1.165) is 18.5 Å². The number of carbonyl (C=O) groups is 2. The number of nitrogens with zero attached hydrogens (tertiary/aromatic N) is 1. The maximum Gasteiger partial charge on any atom is 0.238 e. The molecule has 172 valence electrons. The number of anilines is 2. The van der Waals surface area contributed by atoms with E-state index in [2.05, 4.69) is 41.5 Å². The van der Waals surface area contributed by atoms with E-state index in [-0.39, 0.29) is 17.7 Å². The van der Waals surface area contributed by atoms with E-state index < -0.39 is 0 Å². The molecule has 1 heterocycles. The lowest BCUT2D eigenvalue weighted by atomic mass is 9.95. The zero-order chi connectivity index (χ0) is 23.1. The van der Waals surface area contributed by atoms with Gasteiger partial charge in [-0.15, -0.1) is 0 Å². The Hall–Kier alpha value is -3.06. The van der Waals surface area contributed by atoms with Crippen molar-refractivity contribution in [3.05, 3.63) is 48.0 Å². The Labute approximate surface area is 190 Å². The third-order valence-electron chi connectivity index (χ3n) is 5.84. The summed E-state index contributed by atoms with van der Waals surface area (Å²) in [6, 6.07) is 13.3. The number of rotatable bonds is 8. The van der Waals surface area contributed by atoms with E-state index in [1.807, 2.05) is 12.1 Å². The molecule has 2 N–H and O–H groups in total. The molecule has 2 aromatic rings. The number of nitrogens with one attached hydrogen (secondary N) is 2. The molecule has 2 amide bonds. The predicted molar refractivity (Wildman–Crippen MR) is 127 cm³/mol. The minimum atomic E-state index is -0.0923. The summed E-state index contributed by atoms with van der Waals surface area (Å²) in [6.07, 6.45) is 1.47. The summed E-state index contributed by atoms with van der Waals surface area (Å²) in [5.74, 6) is 1.57. The first-order chi connectivity index (χ1) is 15.4. The molecule has 1 fully saturated rings. The Morgan fingerprint density at radius 2 is 1.56 bits per heavy atom. The third-order valence-corrected chi connectivity index (χ3v) is 5.84. The first-order valence-electron chi connectivity index (χ1n) is 11.0. The maximum atomic E-state index is 12.6. The summed E-state index contributed by atoms with van der Waals surface area (Å²) in [4.78, 5) is 27.2. The molecule has 0 unspecified atom stereocenters. The topological polar surface area (TPSA) is 79.9 Å². The molecule has 1 aliphatic heterocycles. The molecule has 0 aliphatic carbocycles. The summed E-state index contributed by atoms with van der Waals surface area (Å²) in [5, 5.41) is 5.93. The van der Waals surface area contributed by atoms with Crippen molar-refractivity contribution in [3.63, 3.8) is 0 Å². The predicted octanol–water partition coefficient (Wildman–Crippen LogP) is 4.12. The smallest absolute Gasteiger partial charge is 0.238 e. The SMILES string of the molecule is COc1ccc(NC(=O)CN2CCC(C(=O)Nc3ccc(C(C)C)cc3)CC2)cc1OC. The van der Waals surface area contributed by atoms with Crippen LogP contribution in [-0.4, -0.2) is 50.6 Å². The van der Waals surface area contributed by atoms with Gasteiger partial charge in [-0.05, 0) is 61.7 Å². The van der Waals surface area contributed by atoms with E-state index in [0.29, 0.717) is 42.7 Å². The standard InChI is InChI=1S/C25H33N3O4/c1-17(2)18-5-7-20(8-6-18)27-25(30)19-11-13-28(14-12-19)16-24(29)26-21-9-10-22(31-3)23(15-21)32-4/h5-10,15,17,19H,11-14,16H2,1-4H3,(H,26,29)(H,27,30). The fourth-order valence-electron chi connectivity index (χ4n) is 3.87. The second kappa shape index (κ2) is 11.0. The van der Waals surface area contributed by atoms with Crippen LogP contribution in [0.2, 0.25) is 0 Å². The monoisotopic (exact) mass is 439 g/mol. The van der Waals surface area contributed by atoms with E-state index in [1.54, 1.807) is 32.4 Å². The van der Waals surface area contributed by atoms with Crippen molar-refractivity contribution in [2.24, 2.45) is 5.92 Å². The number of carbonyl (C=O) groups excluding carboxylic acids is 2. The number of methoxy groups -OCH3 is 2. The fraction of sp³-hybridized carbons (Fsp3) is 0.440. The molecule has 0 bridgehead atoms. The summed E-state index contributed by atoms with van der Waals surface area (Å²) in [6.45, 7) is 6.01. The van der Waals surface area contributed by atoms with Crippen LogP contribution in [0.5, 0.6) is 11.5 Å². The van der Waals surface area contributed by atoms with Crippen LogP contribution in [0.3, 0.4) is 0 Å². The Kier molecular flexibility index (Phi) is 8.11. The van der Waals surface area contributed by atoms with Gasteiger partial charge in [0.2, 0.25) is 11.8 Å². The van der Waals surface area contributed by atoms with Crippen LogP contribution in [0.4, 0.5) is 11.4 Å². The molecule has 0 spiro atoms. The van der Waals surface area contributed by atoms with Gasteiger partial charge in [-0.1, -0.05) is 26.0 Å². The number of amides is 2. The molecular formula is C25H33N3O4. The second-order valence-corrected chi connectivity index (χ2v) is 8.43. The van der Waals surface area contributed by atoms with Crippen molar-refractivity contribution >= 4 is 23.2 Å². The van der Waals surface area contributed by atoms with Crippen LogP contribution in [-0.2, 0) is 9.59 Å². The van der Waals surface area contributed by atoms with Gasteiger partial charge < -0.3 is 20.1 Å². The Morgan fingerprint density at radius 1 is 0.938 bits per heavy atom. The summed E-state index contributed by atoms with van der Waals surface area (Å²) in [5.41, 5.74) is 2.74. The first kappa shape index (κ1) is 23.6. The van der Waals surface area contributed by atoms with E-state index in [4.69, 9.17) is 9.47 Å². The Bertz CT molecular complexity index is 919. The number of hydrogen-bond acceptors (Lipinski definition) is 5. The highest BCUT2D eigenvalue weighted by molar-refractivity contribution is 5.93. The third kappa shape index (κ3) is 6.23. The second-order valence-electron chi connectivity index (χ2n) is 8.43. The zero-order valence-corrected chi connectivity index (χ0v) is 19.3. The van der Waals surface area contributed by atoms with Crippen LogP contribution < -0.4 is 20.1 Å². The van der Waals surface area contributed by atoms with Crippen molar-refractivity contribution in [2.75, 3.05) is 44.5 Å². The van der Waals surface area contributed by atoms with Crippen LogP contribution >= 0.6 is 0 Å². The number of piperidine rings is 1. The fourth-order valence-corrected chi connectivity index (χ4v) is 3.87. The number of likely N-dealkylation sites (tertiary alicyclic amines) is 1. The quantitative estimate of drug-likeness (QED) is 0.647. The molecule has 7 nitrogen and oxygen atoms in total. The number of benzene rings is 2. The lowest BCUT2D eigenvalue weighted by Gasteiger charge is -2.30. The molecule has 2 aromatic carbocycles. The number of hydrogen-bond donors (Lipinski definition) is 2. The van der Waals surface area contributed by atoms with Crippen LogP contribution in [0, 0.1) is 5.92 Å². The summed E-state index contributed by atoms with van der Waals surface area (Å²) >= 11 is 0. The van der Waals surface area contributed by atoms with Gasteiger partial charge in [0.15, 0.2) is 11.5 Å². The van der Waals surface area contributed by atoms with E-state index in [9.17, 15) is 9.59 Å². The minimum absolute atomic E-state index is 0.0371. The molecule has 32 heavy (non-hydrogen) atoms. The van der Waals surface area contributed by atoms with Gasteiger partial charge in [-0.25, -0.2) is 0 Å². The molecule has 0 saturated carbocycles. The normalized spacial score (nSPS) is 14.8. The average molecular weight is 440 g/mol. The highest BCUT2D eigenvalue weighted by Crippen LogP contribution is 2.29. The van der Waals surface area contributed by atoms with Crippen molar-refractivity contribution < 1.29 is 19.1 Å². The lowest BCUT2D eigenvalue weighted by molar-refractivity contribution is -0.121. The maximum absolute atomic E-state index is 12.6. The molecule has 1 aliphatic rings. The highest BCUT2D eigenvalue weighted by Gasteiger charge is 2.26. The summed E-state index contributed by atoms with van der Waals surface area (Å²) in [7, 11) is 3.13. The van der Waals surface area contributed by atoms with Crippen LogP contribution in [0.1, 0.15) is 38.2 Å². The number of ether oxygens (including phenoxy) is 2. The van der Waals surface area contributed by atoms with Gasteiger partial charge in [0.1, 0.15) is 0 Å². The molecule has 0 atom stereocenters. The van der Waals surface area contributed by atoms with Crippen LogP contribution in [0.25, 0.3) is 0 Å². The van der Waals surface area contributed by atoms with Gasteiger partial charge in [0, 0.05) is 23.4 Å². The van der Waals surface area contributed by atoms with Crippen LogP contribution in [0.15, 0.2) is 42.5 Å². The van der Waals surface area contributed by atoms with Gasteiger partial charge in [-0.3, -0.25) is 14.5 Å². The van der Waals surface area contributed by atoms with Crippen molar-refractivity contribution in [2.45, 2.75) is 32.6 Å². The molecule has 1 saturated heterocycles. The molecule has 0 aromatic heterocycles. The van der Waals surface area contributed by atoms with Gasteiger partial charge >= 0.3 is 0 Å². The molecular weight excluding hydrogens is 406 g/mol. The first-order valence-corrected chi connectivity index (χ1v) is 11.0. The van der Waals surface area contributed by atoms with Gasteiger partial charge in [0.25, 0.3) is 0 Å². The van der Waals surface area contributed by atoms with E-state index >= 15 is 0 Å². The van der Waals surface area contributed by atoms with Crippen molar-refractivity contribution in [1.29, 1.82) is 0 Å². The average Bonchev–Trinajstić information content (AvgIpc) is 2.79. The molecule has 3 rings (SSSR count). The van der Waals surface area contributed by atoms with Crippen molar-refractivity contribution in [3.8, 4) is 11.5 Å². The molecule has 7 heteroatoms. The summed E-state index contributed by atoms with van der Waals surface area (Å²) < 4.78 is 10.5. The highest BCUT2D eigenvalue weighted by atomic mass is 16.5. The van der Waals surface area contributed by atoms with Gasteiger partial charge in [-0.2, -0.15) is 0 Å². The zero-order valence-electron chi connectivity index (χ0n) is 19.3. The van der Waals surface area contributed by atoms with E-state index in [1.165, 1.54) is 5.56 Å². The Morgan fingerprint density at radius 3 is 2.16 bits per heavy atom. The lowest BCUT2D eigenvalue weighted by Crippen LogP contribution is -2.41. The van der Waals surface area contributed by atoms with Gasteiger partial charge in [0.05, 0.1) is 20.8 Å². The Balaban J connectivity index is 1.45. The van der Waals surface area contributed by atoms with Crippen molar-refractivity contribution in [1.82, 2.24) is 4.90 Å². The molecule has 0 radical (unpaired) electrons.